The molecule has 0 spiro atoms. The molecule has 0 unspecified atom stereocenters. The predicted octanol–water partition coefficient (Wildman–Crippen LogP) is 1.68. The van der Waals surface area contributed by atoms with Crippen molar-refractivity contribution in [3.63, 3.8) is 0 Å². The Bertz CT molecular complexity index is 475. The Hall–Kier alpha value is -1.86. The van der Waals surface area contributed by atoms with E-state index < -0.39 is 0 Å². The van der Waals surface area contributed by atoms with Crippen LogP contribution in [-0.4, -0.2) is 12.6 Å². The highest BCUT2D eigenvalue weighted by Crippen LogP contribution is 2.20. The Balaban J connectivity index is 3.13. The van der Waals surface area contributed by atoms with E-state index in [1.165, 1.54) is 0 Å². The number of hydrogen-bond donors (Lipinski definition) is 1. The minimum atomic E-state index is -0.265. The van der Waals surface area contributed by atoms with Crippen LogP contribution in [0.1, 0.15) is 36.1 Å². The van der Waals surface area contributed by atoms with Crippen molar-refractivity contribution in [2.45, 2.75) is 33.2 Å². The molecule has 18 heavy (non-hydrogen) atoms. The van der Waals surface area contributed by atoms with Crippen molar-refractivity contribution in [1.82, 2.24) is 0 Å². The van der Waals surface area contributed by atoms with Gasteiger partial charge in [0.25, 0.3) is 0 Å². The average molecular weight is 246 g/mol. The Kier molecular flexibility index (Phi) is 5.34. The fraction of sp³-hybridized carbons (Fsp3) is 0.429. The molecular weight excluding hydrogens is 228 g/mol. The van der Waals surface area contributed by atoms with Crippen LogP contribution in [-0.2, 0) is 28.9 Å². The maximum absolute atomic E-state index is 11.5. The number of benzene rings is 1. The lowest BCUT2D eigenvalue weighted by Crippen LogP contribution is -2.13. The first-order valence-corrected chi connectivity index (χ1v) is 6.07. The Morgan fingerprint density at radius 3 is 2.61 bits per heavy atom. The van der Waals surface area contributed by atoms with Gasteiger partial charge in [0, 0.05) is 6.54 Å². The monoisotopic (exact) mass is 246 g/mol. The zero-order valence-electron chi connectivity index (χ0n) is 10.8. The van der Waals surface area contributed by atoms with E-state index in [0.717, 1.165) is 23.1 Å². The molecule has 2 N–H and O–H groups in total. The number of carbonyl (C=O) groups excluding carboxylic acids is 1. The smallest absolute Gasteiger partial charge is 0.310 e. The Labute approximate surface area is 107 Å². The zero-order valence-corrected chi connectivity index (χ0v) is 10.8. The number of carbonyl (C=O) groups is 1. The van der Waals surface area contributed by atoms with Crippen LogP contribution in [0.2, 0.25) is 0 Å². The van der Waals surface area contributed by atoms with Crippen molar-refractivity contribution < 1.29 is 9.53 Å². The maximum Gasteiger partial charge on any atom is 0.310 e. The van der Waals surface area contributed by atoms with Gasteiger partial charge in [-0.2, -0.15) is 5.26 Å². The quantitative estimate of drug-likeness (QED) is 0.802. The number of nitriles is 1. The van der Waals surface area contributed by atoms with Gasteiger partial charge in [0.05, 0.1) is 24.7 Å². The molecule has 4 nitrogen and oxygen atoms in total. The molecule has 4 heteroatoms. The summed E-state index contributed by atoms with van der Waals surface area (Å²) in [4.78, 5) is 11.5. The Morgan fingerprint density at radius 2 is 2.11 bits per heavy atom. The van der Waals surface area contributed by atoms with Crippen molar-refractivity contribution >= 4 is 5.97 Å². The molecule has 1 aromatic rings. The molecule has 0 aliphatic heterocycles. The Morgan fingerprint density at radius 1 is 1.39 bits per heavy atom. The van der Waals surface area contributed by atoms with Gasteiger partial charge in [0.1, 0.15) is 0 Å². The maximum atomic E-state index is 11.5. The van der Waals surface area contributed by atoms with E-state index in [1.807, 2.05) is 6.92 Å². The first-order valence-electron chi connectivity index (χ1n) is 6.07. The highest BCUT2D eigenvalue weighted by Gasteiger charge is 2.13. The van der Waals surface area contributed by atoms with Gasteiger partial charge in [-0.25, -0.2) is 0 Å². The third-order valence-electron chi connectivity index (χ3n) is 2.85. The lowest BCUT2D eigenvalue weighted by molar-refractivity contribution is -0.142. The summed E-state index contributed by atoms with van der Waals surface area (Å²) >= 11 is 0. The molecule has 0 bridgehead atoms. The number of hydrogen-bond acceptors (Lipinski definition) is 4. The fourth-order valence-electron chi connectivity index (χ4n) is 2.04. The number of nitrogens with two attached hydrogens (primary N) is 1. The lowest BCUT2D eigenvalue weighted by atomic mass is 9.93. The van der Waals surface area contributed by atoms with Crippen LogP contribution in [0.15, 0.2) is 12.1 Å². The van der Waals surface area contributed by atoms with E-state index in [-0.39, 0.29) is 12.4 Å². The van der Waals surface area contributed by atoms with E-state index in [9.17, 15) is 4.79 Å². The van der Waals surface area contributed by atoms with Gasteiger partial charge < -0.3 is 10.5 Å². The second-order valence-corrected chi connectivity index (χ2v) is 3.88. The molecule has 0 saturated carbocycles. The fourth-order valence-corrected chi connectivity index (χ4v) is 2.04. The normalized spacial score (nSPS) is 9.89. The summed E-state index contributed by atoms with van der Waals surface area (Å²) in [6.45, 7) is 4.45. The van der Waals surface area contributed by atoms with Crippen molar-refractivity contribution in [2.24, 2.45) is 5.73 Å². The van der Waals surface area contributed by atoms with Crippen LogP contribution in [0.3, 0.4) is 0 Å². The summed E-state index contributed by atoms with van der Waals surface area (Å²) < 4.78 is 4.93. The number of rotatable bonds is 5. The van der Waals surface area contributed by atoms with Gasteiger partial charge in [0.15, 0.2) is 0 Å². The topological polar surface area (TPSA) is 76.1 Å². The molecule has 0 atom stereocenters. The standard InChI is InChI=1S/C14H18N2O2/c1-3-12-11(8-15)6-5-10(13(12)9-16)7-14(17)18-4-2/h5-6H,3-4,7,9,16H2,1-2H3. The highest BCUT2D eigenvalue weighted by molar-refractivity contribution is 5.73. The summed E-state index contributed by atoms with van der Waals surface area (Å²) in [7, 11) is 0. The molecule has 0 aromatic heterocycles. The molecule has 0 fully saturated rings. The van der Waals surface area contributed by atoms with Gasteiger partial charge in [0.2, 0.25) is 0 Å². The lowest BCUT2D eigenvalue weighted by Gasteiger charge is -2.13. The molecule has 0 aliphatic carbocycles. The molecule has 0 amide bonds. The number of nitrogens with zero attached hydrogens (tertiary/aromatic N) is 1. The van der Waals surface area contributed by atoms with E-state index in [0.29, 0.717) is 18.7 Å². The third kappa shape index (κ3) is 3.08. The molecule has 1 rings (SSSR count). The predicted molar refractivity (Wildman–Crippen MR) is 68.8 cm³/mol. The van der Waals surface area contributed by atoms with Crippen LogP contribution in [0.5, 0.6) is 0 Å². The second-order valence-electron chi connectivity index (χ2n) is 3.88. The van der Waals surface area contributed by atoms with Crippen LogP contribution < -0.4 is 5.73 Å². The minimum absolute atomic E-state index is 0.207. The average Bonchev–Trinajstić information content (AvgIpc) is 2.38. The summed E-state index contributed by atoms with van der Waals surface area (Å²) in [5.41, 5.74) is 9.05. The molecule has 0 heterocycles. The largest absolute Gasteiger partial charge is 0.466 e. The first kappa shape index (κ1) is 14.2. The van der Waals surface area contributed by atoms with Crippen molar-refractivity contribution in [3.8, 4) is 6.07 Å². The molecule has 0 radical (unpaired) electrons. The summed E-state index contributed by atoms with van der Waals surface area (Å²) in [5.74, 6) is -0.265. The highest BCUT2D eigenvalue weighted by atomic mass is 16.5. The summed E-state index contributed by atoms with van der Waals surface area (Å²) in [5, 5.41) is 9.04. The summed E-state index contributed by atoms with van der Waals surface area (Å²) in [6.07, 6.45) is 0.936. The SMILES string of the molecule is CCOC(=O)Cc1ccc(C#N)c(CC)c1CN. The van der Waals surface area contributed by atoms with Gasteiger partial charge in [-0.3, -0.25) is 4.79 Å². The van der Waals surface area contributed by atoms with Gasteiger partial charge in [-0.1, -0.05) is 13.0 Å². The van der Waals surface area contributed by atoms with Gasteiger partial charge in [-0.05, 0) is 36.1 Å². The molecule has 0 saturated heterocycles. The molecule has 96 valence electrons. The van der Waals surface area contributed by atoms with E-state index in [4.69, 9.17) is 15.7 Å². The molecule has 0 aliphatic rings. The molecular formula is C14H18N2O2. The van der Waals surface area contributed by atoms with Gasteiger partial charge in [-0.15, -0.1) is 0 Å². The van der Waals surface area contributed by atoms with Gasteiger partial charge >= 0.3 is 5.97 Å². The van der Waals surface area contributed by atoms with Crippen LogP contribution >= 0.6 is 0 Å². The van der Waals surface area contributed by atoms with Crippen molar-refractivity contribution in [3.05, 3.63) is 34.4 Å². The summed E-state index contributed by atoms with van der Waals surface area (Å²) in [6, 6.07) is 5.69. The van der Waals surface area contributed by atoms with Crippen molar-refractivity contribution in [2.75, 3.05) is 6.61 Å². The number of esters is 1. The van der Waals surface area contributed by atoms with E-state index in [1.54, 1.807) is 19.1 Å². The number of ether oxygens (including phenoxy) is 1. The minimum Gasteiger partial charge on any atom is -0.466 e. The van der Waals surface area contributed by atoms with Crippen LogP contribution in [0.4, 0.5) is 0 Å². The van der Waals surface area contributed by atoms with E-state index in [2.05, 4.69) is 6.07 Å². The van der Waals surface area contributed by atoms with Crippen LogP contribution in [0.25, 0.3) is 0 Å². The zero-order chi connectivity index (χ0) is 13.5. The second kappa shape index (κ2) is 6.77. The first-order chi connectivity index (χ1) is 8.67. The third-order valence-corrected chi connectivity index (χ3v) is 2.85. The molecule has 1 aromatic carbocycles. The van der Waals surface area contributed by atoms with Crippen LogP contribution in [0, 0.1) is 11.3 Å². The van der Waals surface area contributed by atoms with Crippen molar-refractivity contribution in [1.29, 1.82) is 5.26 Å². The van der Waals surface area contributed by atoms with E-state index >= 15 is 0 Å².